The standard InChI is InChI=1S/C31H55ClN2O4Si3/c1-39(2,3)37-41(6,7)38-40(4,5)25-17-13-12-16-24-36-30-26-33-31(34-27-30)28-18-20-29(21-19-28)35-23-15-11-9-8-10-14-22-32/h18-21,26-27H,8-17,22-25H2,1-7H3. The van der Waals surface area contributed by atoms with Gasteiger partial charge in [-0.15, -0.1) is 11.6 Å². The fourth-order valence-electron chi connectivity index (χ4n) is 5.00. The highest BCUT2D eigenvalue weighted by molar-refractivity contribution is 6.87. The topological polar surface area (TPSA) is 62.7 Å². The lowest BCUT2D eigenvalue weighted by Gasteiger charge is -2.37. The molecular formula is C31H55ClN2O4Si3. The van der Waals surface area contributed by atoms with Gasteiger partial charge in [-0.2, -0.15) is 0 Å². The van der Waals surface area contributed by atoms with Gasteiger partial charge in [-0.3, -0.25) is 0 Å². The number of rotatable bonds is 22. The summed E-state index contributed by atoms with van der Waals surface area (Å²) in [4.78, 5) is 9.01. The van der Waals surface area contributed by atoms with Crippen LogP contribution in [0, 0.1) is 0 Å². The first-order valence-electron chi connectivity index (χ1n) is 15.5. The number of benzene rings is 1. The molecule has 10 heteroatoms. The Morgan fingerprint density at radius 2 is 1.12 bits per heavy atom. The van der Waals surface area contributed by atoms with Crippen molar-refractivity contribution in [2.24, 2.45) is 0 Å². The molecule has 2 aromatic rings. The second kappa shape index (κ2) is 18.4. The Kier molecular flexibility index (Phi) is 16.2. The summed E-state index contributed by atoms with van der Waals surface area (Å²) in [5.41, 5.74) is 0.969. The quantitative estimate of drug-likeness (QED) is 0.0726. The molecule has 1 heterocycles. The molecule has 0 atom stereocenters. The molecule has 0 N–H and O–H groups in total. The van der Waals surface area contributed by atoms with Crippen molar-refractivity contribution < 1.29 is 17.7 Å². The van der Waals surface area contributed by atoms with Crippen molar-refractivity contribution in [2.75, 3.05) is 19.1 Å². The number of hydrogen-bond donors (Lipinski definition) is 0. The molecule has 0 unspecified atom stereocenters. The number of alkyl halides is 1. The highest BCUT2D eigenvalue weighted by Crippen LogP contribution is 2.25. The molecule has 232 valence electrons. The minimum atomic E-state index is -2.05. The Bertz CT molecular complexity index is 971. The fraction of sp³-hybridized carbons (Fsp3) is 0.677. The lowest BCUT2D eigenvalue weighted by atomic mass is 10.1. The minimum Gasteiger partial charge on any atom is -0.494 e. The first-order valence-corrected chi connectivity index (χ1v) is 25.4. The Hall–Kier alpha value is -1.24. The maximum absolute atomic E-state index is 6.61. The molecule has 0 aliphatic heterocycles. The Balaban J connectivity index is 1.60. The monoisotopic (exact) mass is 638 g/mol. The molecular weight excluding hydrogens is 584 g/mol. The lowest BCUT2D eigenvalue weighted by molar-refractivity contribution is 0.302. The van der Waals surface area contributed by atoms with E-state index in [0.29, 0.717) is 18.2 Å². The van der Waals surface area contributed by atoms with Crippen molar-refractivity contribution in [3.8, 4) is 22.9 Å². The number of halogens is 1. The number of aromatic nitrogens is 2. The number of nitrogens with zero attached hydrogens (tertiary/aromatic N) is 2. The van der Waals surface area contributed by atoms with Gasteiger partial charge in [-0.25, -0.2) is 9.97 Å². The molecule has 0 saturated carbocycles. The second-order valence-electron chi connectivity index (χ2n) is 12.9. The molecule has 0 spiro atoms. The van der Waals surface area contributed by atoms with Crippen molar-refractivity contribution in [3.05, 3.63) is 36.7 Å². The van der Waals surface area contributed by atoms with E-state index in [1.165, 1.54) is 44.6 Å². The van der Waals surface area contributed by atoms with Gasteiger partial charge in [0, 0.05) is 11.4 Å². The predicted octanol–water partition coefficient (Wildman–Crippen LogP) is 9.82. The zero-order valence-corrected chi connectivity index (χ0v) is 30.5. The summed E-state index contributed by atoms with van der Waals surface area (Å²) in [7, 11) is -5.34. The Morgan fingerprint density at radius 3 is 1.68 bits per heavy atom. The van der Waals surface area contributed by atoms with E-state index in [1.807, 2.05) is 24.3 Å². The first-order chi connectivity index (χ1) is 19.4. The first kappa shape index (κ1) is 36.0. The largest absolute Gasteiger partial charge is 0.494 e. The van der Waals surface area contributed by atoms with Gasteiger partial charge in [0.2, 0.25) is 0 Å². The summed E-state index contributed by atoms with van der Waals surface area (Å²) in [5.74, 6) is 3.07. The van der Waals surface area contributed by atoms with Crippen molar-refractivity contribution >= 4 is 36.8 Å². The minimum absolute atomic E-state index is 0.684. The Morgan fingerprint density at radius 1 is 0.610 bits per heavy atom. The van der Waals surface area contributed by atoms with Gasteiger partial charge < -0.3 is 17.7 Å². The maximum atomic E-state index is 6.61. The van der Waals surface area contributed by atoms with Crippen LogP contribution in [0.15, 0.2) is 36.7 Å². The summed E-state index contributed by atoms with van der Waals surface area (Å²) in [5, 5.41) is 0. The third-order valence-electron chi connectivity index (χ3n) is 6.55. The summed E-state index contributed by atoms with van der Waals surface area (Å²) in [6, 6.07) is 9.17. The Labute approximate surface area is 258 Å². The van der Waals surface area contributed by atoms with Crippen molar-refractivity contribution in [1.82, 2.24) is 9.97 Å². The maximum Gasteiger partial charge on any atom is 0.311 e. The van der Waals surface area contributed by atoms with E-state index in [0.717, 1.165) is 49.5 Å². The molecule has 0 saturated heterocycles. The van der Waals surface area contributed by atoms with E-state index < -0.39 is 25.2 Å². The number of unbranched alkanes of at least 4 members (excludes halogenated alkanes) is 8. The van der Waals surface area contributed by atoms with E-state index in [2.05, 4.69) is 55.8 Å². The van der Waals surface area contributed by atoms with Crippen molar-refractivity contribution in [2.45, 2.75) is 116 Å². The van der Waals surface area contributed by atoms with Crippen LogP contribution in [0.3, 0.4) is 0 Å². The van der Waals surface area contributed by atoms with E-state index in [-0.39, 0.29) is 0 Å². The van der Waals surface area contributed by atoms with Crippen LogP contribution in [-0.2, 0) is 8.23 Å². The highest BCUT2D eigenvalue weighted by atomic mass is 35.5. The molecule has 0 fully saturated rings. The molecule has 0 bridgehead atoms. The zero-order chi connectivity index (χ0) is 30.2. The molecule has 41 heavy (non-hydrogen) atoms. The highest BCUT2D eigenvalue weighted by Gasteiger charge is 2.37. The van der Waals surface area contributed by atoms with E-state index >= 15 is 0 Å². The summed E-state index contributed by atoms with van der Waals surface area (Å²) in [6.45, 7) is 17.2. The molecule has 0 aliphatic rings. The van der Waals surface area contributed by atoms with Gasteiger partial charge in [0.25, 0.3) is 0 Å². The van der Waals surface area contributed by atoms with Crippen LogP contribution in [0.1, 0.15) is 64.2 Å². The van der Waals surface area contributed by atoms with Crippen LogP contribution in [-0.4, -0.2) is 54.3 Å². The van der Waals surface area contributed by atoms with Gasteiger partial charge in [0.05, 0.1) is 25.6 Å². The predicted molar refractivity (Wildman–Crippen MR) is 181 cm³/mol. The summed E-state index contributed by atoms with van der Waals surface area (Å²) in [6.07, 6.45) is 15.2. The van der Waals surface area contributed by atoms with E-state index in [9.17, 15) is 0 Å². The van der Waals surface area contributed by atoms with Crippen LogP contribution in [0.25, 0.3) is 11.4 Å². The fourth-order valence-corrected chi connectivity index (χ4v) is 18.5. The van der Waals surface area contributed by atoms with Crippen LogP contribution in [0.4, 0.5) is 0 Å². The molecule has 2 rings (SSSR count). The SMILES string of the molecule is C[Si](C)(C)O[Si](C)(C)O[Si](C)(C)CCCCCCOc1cnc(-c2ccc(OCCCCCCCCCl)cc2)nc1. The van der Waals surface area contributed by atoms with Crippen LogP contribution < -0.4 is 9.47 Å². The van der Waals surface area contributed by atoms with Crippen LogP contribution in [0.2, 0.25) is 51.9 Å². The van der Waals surface area contributed by atoms with E-state index in [1.54, 1.807) is 12.4 Å². The lowest BCUT2D eigenvalue weighted by Crippen LogP contribution is -2.51. The second-order valence-corrected chi connectivity index (χ2v) is 26.0. The van der Waals surface area contributed by atoms with Crippen molar-refractivity contribution in [3.63, 3.8) is 0 Å². The number of ether oxygens (including phenoxy) is 2. The van der Waals surface area contributed by atoms with Gasteiger partial charge >= 0.3 is 8.56 Å². The molecule has 0 amide bonds. The molecule has 1 aromatic heterocycles. The zero-order valence-electron chi connectivity index (χ0n) is 26.8. The van der Waals surface area contributed by atoms with Gasteiger partial charge in [-0.1, -0.05) is 44.9 Å². The van der Waals surface area contributed by atoms with Crippen LogP contribution >= 0.6 is 11.6 Å². The van der Waals surface area contributed by atoms with E-state index in [4.69, 9.17) is 29.3 Å². The average molecular weight is 640 g/mol. The molecule has 0 radical (unpaired) electrons. The third kappa shape index (κ3) is 16.8. The van der Waals surface area contributed by atoms with Gasteiger partial charge in [0.1, 0.15) is 5.75 Å². The number of hydrogen-bond acceptors (Lipinski definition) is 6. The van der Waals surface area contributed by atoms with Crippen LogP contribution in [0.5, 0.6) is 11.5 Å². The smallest absolute Gasteiger partial charge is 0.311 e. The summed E-state index contributed by atoms with van der Waals surface area (Å²) >= 11 is 5.72. The molecule has 6 nitrogen and oxygen atoms in total. The molecule has 0 aliphatic carbocycles. The molecule has 1 aromatic carbocycles. The average Bonchev–Trinajstić information content (AvgIpc) is 2.88. The van der Waals surface area contributed by atoms with Crippen molar-refractivity contribution in [1.29, 1.82) is 0 Å². The summed E-state index contributed by atoms with van der Waals surface area (Å²) < 4.78 is 24.8. The van der Waals surface area contributed by atoms with Gasteiger partial charge in [-0.05, 0) is 95.4 Å². The third-order valence-corrected chi connectivity index (χ3v) is 17.0. The normalized spacial score (nSPS) is 12.5. The van der Waals surface area contributed by atoms with Gasteiger partial charge in [0.15, 0.2) is 28.2 Å².